The molecule has 2 heterocycles. The summed E-state index contributed by atoms with van der Waals surface area (Å²) in [6.07, 6.45) is 2.03. The summed E-state index contributed by atoms with van der Waals surface area (Å²) in [6, 6.07) is 24.6. The number of ether oxygens (including phenoxy) is 1. The molecule has 0 radical (unpaired) electrons. The first kappa shape index (κ1) is 24.6. The number of aromatic amines is 1. The average Bonchev–Trinajstić information content (AvgIpc) is 3.38. The molecule has 1 saturated heterocycles. The molecule has 0 spiro atoms. The Kier molecular flexibility index (Phi) is 7.23. The van der Waals surface area contributed by atoms with E-state index < -0.39 is 0 Å². The van der Waals surface area contributed by atoms with Gasteiger partial charge in [-0.2, -0.15) is 0 Å². The number of amides is 2. The van der Waals surface area contributed by atoms with Crippen LogP contribution >= 0.6 is 0 Å². The molecule has 0 bridgehead atoms. The van der Waals surface area contributed by atoms with Crippen molar-refractivity contribution in [2.45, 2.75) is 31.7 Å². The number of aromatic nitrogens is 1. The van der Waals surface area contributed by atoms with Gasteiger partial charge >= 0.3 is 0 Å². The number of rotatable bonds is 7. The van der Waals surface area contributed by atoms with Crippen molar-refractivity contribution in [3.8, 4) is 5.75 Å². The van der Waals surface area contributed by atoms with E-state index in [-0.39, 0.29) is 17.9 Å². The highest BCUT2D eigenvalue weighted by Crippen LogP contribution is 2.31. The number of nitrogens with zero attached hydrogens (tertiary/aromatic N) is 1. The fourth-order valence-electron chi connectivity index (χ4n) is 4.97. The third-order valence-corrected chi connectivity index (χ3v) is 7.22. The molecular formula is C30H32N4O3. The summed E-state index contributed by atoms with van der Waals surface area (Å²) < 4.78 is 5.29. The molecule has 4 aromatic rings. The van der Waals surface area contributed by atoms with Crippen LogP contribution in [0.3, 0.4) is 0 Å². The minimum atomic E-state index is -0.242. The molecule has 7 nitrogen and oxygen atoms in total. The zero-order valence-electron chi connectivity index (χ0n) is 21.2. The molecule has 5 rings (SSSR count). The summed E-state index contributed by atoms with van der Waals surface area (Å²) >= 11 is 0. The molecule has 1 atom stereocenters. The van der Waals surface area contributed by atoms with E-state index in [1.165, 1.54) is 16.6 Å². The van der Waals surface area contributed by atoms with Gasteiger partial charge in [0.2, 0.25) is 5.91 Å². The number of nitrogens with one attached hydrogen (secondary N) is 3. The average molecular weight is 497 g/mol. The van der Waals surface area contributed by atoms with Crippen LogP contribution in [0.5, 0.6) is 5.75 Å². The summed E-state index contributed by atoms with van der Waals surface area (Å²) in [7, 11) is 1.56. The van der Waals surface area contributed by atoms with E-state index in [1.54, 1.807) is 43.5 Å². The molecule has 37 heavy (non-hydrogen) atoms. The van der Waals surface area contributed by atoms with E-state index in [4.69, 9.17) is 4.74 Å². The van der Waals surface area contributed by atoms with Crippen molar-refractivity contribution in [3.05, 3.63) is 90.1 Å². The summed E-state index contributed by atoms with van der Waals surface area (Å²) in [5.41, 5.74) is 4.23. The van der Waals surface area contributed by atoms with E-state index in [0.29, 0.717) is 28.6 Å². The summed E-state index contributed by atoms with van der Waals surface area (Å²) in [5, 5.41) is 7.10. The number of carbonyl (C=O) groups excluding carboxylic acids is 2. The minimum absolute atomic E-state index is 0.0460. The van der Waals surface area contributed by atoms with Crippen molar-refractivity contribution in [1.82, 2.24) is 9.88 Å². The predicted molar refractivity (Wildman–Crippen MR) is 147 cm³/mol. The summed E-state index contributed by atoms with van der Waals surface area (Å²) in [5.74, 6) is 0.788. The van der Waals surface area contributed by atoms with Gasteiger partial charge in [0.05, 0.1) is 18.8 Å². The van der Waals surface area contributed by atoms with Crippen molar-refractivity contribution in [1.29, 1.82) is 0 Å². The molecule has 190 valence electrons. The van der Waals surface area contributed by atoms with Gasteiger partial charge in [-0.15, -0.1) is 0 Å². The van der Waals surface area contributed by atoms with E-state index in [9.17, 15) is 9.59 Å². The highest BCUT2D eigenvalue weighted by molar-refractivity contribution is 6.05. The lowest BCUT2D eigenvalue weighted by atomic mass is 9.92. The summed E-state index contributed by atoms with van der Waals surface area (Å²) in [4.78, 5) is 31.4. The first-order chi connectivity index (χ1) is 18.0. The van der Waals surface area contributed by atoms with Gasteiger partial charge in [0.1, 0.15) is 5.75 Å². The third-order valence-electron chi connectivity index (χ3n) is 7.22. The van der Waals surface area contributed by atoms with Crippen molar-refractivity contribution < 1.29 is 14.3 Å². The Morgan fingerprint density at radius 3 is 2.38 bits per heavy atom. The molecular weight excluding hydrogens is 464 g/mol. The number of para-hydroxylation sites is 3. The molecule has 0 aliphatic carbocycles. The van der Waals surface area contributed by atoms with Gasteiger partial charge in [-0.25, -0.2) is 0 Å². The van der Waals surface area contributed by atoms with Crippen LogP contribution < -0.4 is 15.4 Å². The van der Waals surface area contributed by atoms with Crippen LogP contribution in [0.4, 0.5) is 11.4 Å². The quantitative estimate of drug-likeness (QED) is 0.309. The number of benzene rings is 3. The van der Waals surface area contributed by atoms with Gasteiger partial charge in [0.25, 0.3) is 5.91 Å². The van der Waals surface area contributed by atoms with Crippen LogP contribution in [0, 0.1) is 0 Å². The molecule has 1 aromatic heterocycles. The van der Waals surface area contributed by atoms with Crippen molar-refractivity contribution in [3.63, 3.8) is 0 Å². The molecule has 0 saturated carbocycles. The van der Waals surface area contributed by atoms with Crippen LogP contribution in [0.25, 0.3) is 10.9 Å². The van der Waals surface area contributed by atoms with E-state index >= 15 is 0 Å². The largest absolute Gasteiger partial charge is 0.495 e. The predicted octanol–water partition coefficient (Wildman–Crippen LogP) is 5.64. The van der Waals surface area contributed by atoms with Gasteiger partial charge in [-0.05, 0) is 86.8 Å². The van der Waals surface area contributed by atoms with Crippen LogP contribution in [0.1, 0.15) is 41.7 Å². The molecule has 3 N–H and O–H groups in total. The van der Waals surface area contributed by atoms with E-state index in [1.807, 2.05) is 19.1 Å². The number of hydrogen-bond donors (Lipinski definition) is 3. The van der Waals surface area contributed by atoms with Gasteiger partial charge in [-0.3, -0.25) is 14.5 Å². The van der Waals surface area contributed by atoms with Crippen LogP contribution in [0.2, 0.25) is 0 Å². The number of piperidine rings is 1. The number of fused-ring (bicyclic) bond motifs is 1. The first-order valence-electron chi connectivity index (χ1n) is 12.7. The Morgan fingerprint density at radius 1 is 0.946 bits per heavy atom. The number of carbonyl (C=O) groups is 2. The lowest BCUT2D eigenvalue weighted by Gasteiger charge is -2.35. The molecule has 3 aromatic carbocycles. The highest BCUT2D eigenvalue weighted by atomic mass is 16.5. The summed E-state index contributed by atoms with van der Waals surface area (Å²) in [6.45, 7) is 3.70. The molecule has 1 aliphatic heterocycles. The third kappa shape index (κ3) is 5.52. The van der Waals surface area contributed by atoms with Crippen molar-refractivity contribution >= 4 is 34.1 Å². The zero-order valence-corrected chi connectivity index (χ0v) is 21.2. The molecule has 1 aliphatic rings. The minimum Gasteiger partial charge on any atom is -0.495 e. The molecule has 7 heteroatoms. The molecule has 2 amide bonds. The number of hydrogen-bond acceptors (Lipinski definition) is 4. The lowest BCUT2D eigenvalue weighted by Crippen LogP contribution is -2.45. The lowest BCUT2D eigenvalue weighted by molar-refractivity contribution is -0.121. The van der Waals surface area contributed by atoms with Crippen LogP contribution in [-0.2, 0) is 4.79 Å². The second kappa shape index (κ2) is 10.9. The Balaban J connectivity index is 1.14. The Bertz CT molecular complexity index is 1350. The topological polar surface area (TPSA) is 86.5 Å². The normalized spacial score (nSPS) is 15.3. The Morgan fingerprint density at radius 2 is 1.65 bits per heavy atom. The van der Waals surface area contributed by atoms with E-state index in [2.05, 4.69) is 50.8 Å². The SMILES string of the molecule is COc1ccccc1NC(=O)c1ccc(NC(=O)C(C)N2CCC(c3cc4ccccc4[nH]3)CC2)cc1. The fourth-order valence-corrected chi connectivity index (χ4v) is 4.97. The highest BCUT2D eigenvalue weighted by Gasteiger charge is 2.28. The van der Waals surface area contributed by atoms with Gasteiger partial charge in [-0.1, -0.05) is 30.3 Å². The fraction of sp³-hybridized carbons (Fsp3) is 0.267. The molecule has 1 unspecified atom stereocenters. The second-order valence-electron chi connectivity index (χ2n) is 9.52. The van der Waals surface area contributed by atoms with Gasteiger partial charge < -0.3 is 20.4 Å². The monoisotopic (exact) mass is 496 g/mol. The Labute approximate surface area is 216 Å². The van der Waals surface area contributed by atoms with Crippen LogP contribution in [-0.4, -0.2) is 47.9 Å². The standard InChI is InChI=1S/C30H32N4O3/c1-20(34-17-15-21(16-18-34)27-19-23-7-3-4-8-25(23)32-27)29(35)31-24-13-11-22(12-14-24)30(36)33-26-9-5-6-10-28(26)37-2/h3-14,19-21,32H,15-18H2,1-2H3,(H,31,35)(H,33,36). The first-order valence-corrected chi connectivity index (χ1v) is 12.7. The van der Waals surface area contributed by atoms with Crippen molar-refractivity contribution in [2.75, 3.05) is 30.8 Å². The maximum Gasteiger partial charge on any atom is 0.255 e. The zero-order chi connectivity index (χ0) is 25.8. The van der Waals surface area contributed by atoms with Crippen LogP contribution in [0.15, 0.2) is 78.9 Å². The Hall–Kier alpha value is -4.10. The maximum atomic E-state index is 13.0. The number of H-pyrrole nitrogens is 1. The maximum absolute atomic E-state index is 13.0. The number of anilines is 2. The van der Waals surface area contributed by atoms with Crippen molar-refractivity contribution in [2.24, 2.45) is 0 Å². The number of methoxy groups -OCH3 is 1. The second-order valence-corrected chi connectivity index (χ2v) is 9.52. The van der Waals surface area contributed by atoms with Gasteiger partial charge in [0.15, 0.2) is 0 Å². The van der Waals surface area contributed by atoms with Gasteiger partial charge in [0, 0.05) is 28.4 Å². The smallest absolute Gasteiger partial charge is 0.255 e. The number of likely N-dealkylation sites (tertiary alicyclic amines) is 1. The molecule has 1 fully saturated rings. The van der Waals surface area contributed by atoms with E-state index in [0.717, 1.165) is 25.9 Å².